The van der Waals surface area contributed by atoms with Gasteiger partial charge in [0, 0.05) is 10.9 Å². The molecule has 1 unspecified atom stereocenters. The number of primary amides is 1. The van der Waals surface area contributed by atoms with Crippen molar-refractivity contribution in [3.8, 4) is 0 Å². The Hall–Kier alpha value is -1.45. The van der Waals surface area contributed by atoms with E-state index in [1.165, 1.54) is 18.2 Å². The van der Waals surface area contributed by atoms with Crippen molar-refractivity contribution in [2.24, 2.45) is 5.73 Å². The molecule has 20 heavy (non-hydrogen) atoms. The van der Waals surface area contributed by atoms with Crippen LogP contribution in [-0.2, 0) is 19.6 Å². The van der Waals surface area contributed by atoms with Crippen LogP contribution >= 0.6 is 15.9 Å². The second kappa shape index (κ2) is 6.82. The molecule has 0 aromatic heterocycles. The van der Waals surface area contributed by atoms with Crippen molar-refractivity contribution in [2.45, 2.75) is 23.8 Å². The first kappa shape index (κ1) is 16.6. The summed E-state index contributed by atoms with van der Waals surface area (Å²) in [5.74, 6) is -2.07. The summed E-state index contributed by atoms with van der Waals surface area (Å²) in [6.45, 7) is 0. The third-order valence-corrected chi connectivity index (χ3v) is 4.88. The molecular formula is C11H13BrN2O5S. The Morgan fingerprint density at radius 3 is 2.45 bits per heavy atom. The molecule has 0 fully saturated rings. The number of amides is 1. The number of hydrogen-bond donors (Lipinski definition) is 3. The van der Waals surface area contributed by atoms with Crippen LogP contribution in [0.3, 0.4) is 0 Å². The molecule has 0 saturated carbocycles. The summed E-state index contributed by atoms with van der Waals surface area (Å²) in [6.07, 6.45) is -0.441. The van der Waals surface area contributed by atoms with E-state index in [-0.39, 0.29) is 17.7 Å². The fraction of sp³-hybridized carbons (Fsp3) is 0.273. The molecule has 1 rings (SSSR count). The molecule has 0 aliphatic rings. The van der Waals surface area contributed by atoms with Gasteiger partial charge in [0.1, 0.15) is 6.04 Å². The molecule has 110 valence electrons. The maximum atomic E-state index is 12.1. The molecule has 4 N–H and O–H groups in total. The first-order valence-electron chi connectivity index (χ1n) is 5.52. The average Bonchev–Trinajstić information content (AvgIpc) is 2.34. The molecule has 1 amide bonds. The third-order valence-electron chi connectivity index (χ3n) is 2.40. The van der Waals surface area contributed by atoms with Gasteiger partial charge in [0.05, 0.1) is 4.90 Å². The maximum Gasteiger partial charge on any atom is 0.321 e. The molecule has 1 aromatic rings. The van der Waals surface area contributed by atoms with E-state index in [0.717, 1.165) is 0 Å². The van der Waals surface area contributed by atoms with Crippen LogP contribution in [0.25, 0.3) is 0 Å². The zero-order chi connectivity index (χ0) is 15.3. The van der Waals surface area contributed by atoms with Crippen LogP contribution in [-0.4, -0.2) is 31.4 Å². The third kappa shape index (κ3) is 4.58. The minimum atomic E-state index is -4.01. The van der Waals surface area contributed by atoms with E-state index in [2.05, 4.69) is 15.9 Å². The number of halogens is 1. The van der Waals surface area contributed by atoms with Gasteiger partial charge in [-0.2, -0.15) is 4.72 Å². The van der Waals surface area contributed by atoms with Crippen LogP contribution in [0.4, 0.5) is 0 Å². The zero-order valence-electron chi connectivity index (χ0n) is 10.2. The van der Waals surface area contributed by atoms with Gasteiger partial charge in [0.25, 0.3) is 0 Å². The lowest BCUT2D eigenvalue weighted by atomic mass is 10.2. The Morgan fingerprint density at radius 2 is 1.95 bits per heavy atom. The van der Waals surface area contributed by atoms with Crippen LogP contribution in [0, 0.1) is 0 Å². The van der Waals surface area contributed by atoms with Crippen LogP contribution in [0.15, 0.2) is 33.6 Å². The van der Waals surface area contributed by atoms with Crippen LogP contribution in [0.1, 0.15) is 12.8 Å². The number of carboxylic acid groups (broad SMARTS) is 1. The summed E-state index contributed by atoms with van der Waals surface area (Å²) in [7, 11) is -4.01. The largest absolute Gasteiger partial charge is 0.480 e. The number of sulfonamides is 1. The molecule has 0 spiro atoms. The van der Waals surface area contributed by atoms with Crippen molar-refractivity contribution >= 4 is 37.8 Å². The fourth-order valence-corrected chi connectivity index (χ4v) is 3.66. The van der Waals surface area contributed by atoms with E-state index in [1.807, 2.05) is 4.72 Å². The Balaban J connectivity index is 2.95. The topological polar surface area (TPSA) is 127 Å². The summed E-state index contributed by atoms with van der Waals surface area (Å²) in [4.78, 5) is 21.6. The Labute approximate surface area is 124 Å². The lowest BCUT2D eigenvalue weighted by Gasteiger charge is -2.14. The fourth-order valence-electron chi connectivity index (χ4n) is 1.43. The van der Waals surface area contributed by atoms with Gasteiger partial charge in [-0.25, -0.2) is 8.42 Å². The molecule has 0 aliphatic carbocycles. The predicted molar refractivity (Wildman–Crippen MR) is 74.3 cm³/mol. The number of aliphatic carboxylic acids is 1. The molecule has 1 atom stereocenters. The Kier molecular flexibility index (Phi) is 5.66. The second-order valence-corrected chi connectivity index (χ2v) is 6.48. The van der Waals surface area contributed by atoms with Gasteiger partial charge < -0.3 is 10.8 Å². The highest BCUT2D eigenvalue weighted by molar-refractivity contribution is 9.10. The lowest BCUT2D eigenvalue weighted by molar-refractivity contribution is -0.139. The first-order valence-corrected chi connectivity index (χ1v) is 7.79. The smallest absolute Gasteiger partial charge is 0.321 e. The number of carbonyl (C=O) groups excluding carboxylic acids is 1. The molecular weight excluding hydrogens is 352 g/mol. The van der Waals surface area contributed by atoms with E-state index in [9.17, 15) is 18.0 Å². The minimum Gasteiger partial charge on any atom is -0.480 e. The van der Waals surface area contributed by atoms with Gasteiger partial charge in [-0.3, -0.25) is 9.59 Å². The standard InChI is InChI=1S/C11H13BrN2O5S/c12-7-3-1-2-4-9(7)20(18,19)14-8(11(16)17)5-6-10(13)15/h1-4,8,14H,5-6H2,(H2,13,15)(H,16,17). The molecule has 7 nitrogen and oxygen atoms in total. The highest BCUT2D eigenvalue weighted by Gasteiger charge is 2.26. The van der Waals surface area contributed by atoms with E-state index >= 15 is 0 Å². The molecule has 0 radical (unpaired) electrons. The number of hydrogen-bond acceptors (Lipinski definition) is 4. The number of benzene rings is 1. The SMILES string of the molecule is NC(=O)CCC(NS(=O)(=O)c1ccccc1Br)C(=O)O. The number of carboxylic acids is 1. The van der Waals surface area contributed by atoms with Gasteiger partial charge >= 0.3 is 5.97 Å². The molecule has 0 aliphatic heterocycles. The molecule has 0 saturated heterocycles. The normalized spacial score (nSPS) is 12.8. The van der Waals surface area contributed by atoms with Crippen molar-refractivity contribution in [3.63, 3.8) is 0 Å². The zero-order valence-corrected chi connectivity index (χ0v) is 12.6. The Bertz CT molecular complexity index is 617. The number of carbonyl (C=O) groups is 2. The second-order valence-electron chi connectivity index (χ2n) is 3.95. The van der Waals surface area contributed by atoms with Crippen LogP contribution < -0.4 is 10.5 Å². The number of nitrogens with one attached hydrogen (secondary N) is 1. The first-order chi connectivity index (χ1) is 9.24. The highest BCUT2D eigenvalue weighted by atomic mass is 79.9. The Morgan fingerprint density at radius 1 is 1.35 bits per heavy atom. The summed E-state index contributed by atoms with van der Waals surface area (Å²) in [6, 6.07) is 4.58. The van der Waals surface area contributed by atoms with Crippen molar-refractivity contribution in [1.29, 1.82) is 0 Å². The average molecular weight is 365 g/mol. The van der Waals surface area contributed by atoms with Crippen LogP contribution in [0.5, 0.6) is 0 Å². The molecule has 0 bridgehead atoms. The summed E-state index contributed by atoms with van der Waals surface area (Å²) in [5, 5.41) is 8.97. The van der Waals surface area contributed by atoms with Gasteiger partial charge in [-0.15, -0.1) is 0 Å². The maximum absolute atomic E-state index is 12.1. The summed E-state index contributed by atoms with van der Waals surface area (Å²) < 4.78 is 26.5. The quantitative estimate of drug-likeness (QED) is 0.647. The van der Waals surface area contributed by atoms with Crippen molar-refractivity contribution in [3.05, 3.63) is 28.7 Å². The molecule has 1 aromatic carbocycles. The molecule has 9 heteroatoms. The highest BCUT2D eigenvalue weighted by Crippen LogP contribution is 2.21. The van der Waals surface area contributed by atoms with Crippen LogP contribution in [0.2, 0.25) is 0 Å². The lowest BCUT2D eigenvalue weighted by Crippen LogP contribution is -2.41. The summed E-state index contributed by atoms with van der Waals surface area (Å²) >= 11 is 3.08. The monoisotopic (exact) mass is 364 g/mol. The van der Waals surface area contributed by atoms with Gasteiger partial charge in [-0.1, -0.05) is 12.1 Å². The predicted octanol–water partition coefficient (Wildman–Crippen LogP) is 0.446. The van der Waals surface area contributed by atoms with Gasteiger partial charge in [0.15, 0.2) is 0 Å². The minimum absolute atomic E-state index is 0.0784. The van der Waals surface area contributed by atoms with Crippen molar-refractivity contribution in [2.75, 3.05) is 0 Å². The number of rotatable bonds is 7. The summed E-state index contributed by atoms with van der Waals surface area (Å²) in [5.41, 5.74) is 4.92. The van der Waals surface area contributed by atoms with Crippen molar-refractivity contribution < 1.29 is 23.1 Å². The van der Waals surface area contributed by atoms with Gasteiger partial charge in [-0.05, 0) is 34.5 Å². The van der Waals surface area contributed by atoms with E-state index in [4.69, 9.17) is 10.8 Å². The molecule has 0 heterocycles. The van der Waals surface area contributed by atoms with Crippen molar-refractivity contribution in [1.82, 2.24) is 4.72 Å². The van der Waals surface area contributed by atoms with E-state index < -0.39 is 27.9 Å². The van der Waals surface area contributed by atoms with E-state index in [0.29, 0.717) is 4.47 Å². The number of nitrogens with two attached hydrogens (primary N) is 1. The van der Waals surface area contributed by atoms with Gasteiger partial charge in [0.2, 0.25) is 15.9 Å². The van der Waals surface area contributed by atoms with E-state index in [1.54, 1.807) is 6.07 Å².